The first kappa shape index (κ1) is 19.7. The summed E-state index contributed by atoms with van der Waals surface area (Å²) in [6.45, 7) is 1.53. The lowest BCUT2D eigenvalue weighted by atomic mass is 9.81. The van der Waals surface area contributed by atoms with Crippen LogP contribution in [-0.4, -0.2) is 29.7 Å². The highest BCUT2D eigenvalue weighted by Crippen LogP contribution is 2.56. The molecule has 2 saturated carbocycles. The molecule has 2 aliphatic carbocycles. The van der Waals surface area contributed by atoms with Crippen LogP contribution in [-0.2, 0) is 14.3 Å². The molecule has 6 heteroatoms. The third-order valence-electron chi connectivity index (χ3n) is 6.98. The highest BCUT2D eigenvalue weighted by molar-refractivity contribution is 6.22. The fourth-order valence-electron chi connectivity index (χ4n) is 5.55. The maximum absolute atomic E-state index is 13.0. The quantitative estimate of drug-likeness (QED) is 0.421. The molecule has 158 valence electrons. The largest absolute Gasteiger partial charge is 0.451 e. The van der Waals surface area contributed by atoms with Gasteiger partial charge < -0.3 is 4.74 Å². The van der Waals surface area contributed by atoms with Crippen LogP contribution in [0.5, 0.6) is 0 Å². The average Bonchev–Trinajstić information content (AvgIpc) is 3.47. The number of nitrogens with zero attached hydrogens (tertiary/aromatic N) is 1. The maximum atomic E-state index is 13.0. The topological polar surface area (TPSA) is 80.8 Å². The molecular weight excluding hydrogens is 394 g/mol. The van der Waals surface area contributed by atoms with Crippen molar-refractivity contribution in [3.8, 4) is 0 Å². The van der Waals surface area contributed by atoms with Gasteiger partial charge in [-0.05, 0) is 56.2 Å². The predicted molar refractivity (Wildman–Crippen MR) is 112 cm³/mol. The van der Waals surface area contributed by atoms with E-state index in [2.05, 4.69) is 0 Å². The Labute approximate surface area is 180 Å². The van der Waals surface area contributed by atoms with Gasteiger partial charge in [-0.15, -0.1) is 0 Å². The van der Waals surface area contributed by atoms with E-state index in [1.807, 2.05) is 0 Å². The number of Topliss-reactive ketones (excluding diaryl/α,β-unsaturated/α-hetero) is 1. The summed E-state index contributed by atoms with van der Waals surface area (Å²) in [6.07, 6.45) is 2.04. The van der Waals surface area contributed by atoms with Gasteiger partial charge in [0, 0.05) is 5.56 Å². The Morgan fingerprint density at radius 3 is 2.16 bits per heavy atom. The minimum atomic E-state index is -0.955. The molecule has 31 heavy (non-hydrogen) atoms. The molecule has 2 aromatic rings. The van der Waals surface area contributed by atoms with Crippen molar-refractivity contribution < 1.29 is 23.9 Å². The lowest BCUT2D eigenvalue weighted by molar-refractivity contribution is -0.123. The SMILES string of the molecule is C[C@@H](OC(=O)c1cccc(N2C(=O)[C@@H]3[C@@H]4CC[C@@H](C4)[C@@H]3C2=O)c1)C(=O)c1ccccc1. The molecule has 1 aliphatic heterocycles. The molecule has 5 rings (SSSR count). The number of ether oxygens (including phenoxy) is 1. The third kappa shape index (κ3) is 3.17. The summed E-state index contributed by atoms with van der Waals surface area (Å²) in [4.78, 5) is 52.5. The van der Waals surface area contributed by atoms with Crippen molar-refractivity contribution in [3.05, 3.63) is 65.7 Å². The predicted octanol–water partition coefficient (Wildman–Crippen LogP) is 3.65. The summed E-state index contributed by atoms with van der Waals surface area (Å²) < 4.78 is 5.37. The number of benzene rings is 2. The van der Waals surface area contributed by atoms with Crippen LogP contribution in [0.1, 0.15) is 46.9 Å². The summed E-state index contributed by atoms with van der Waals surface area (Å²) >= 11 is 0. The lowest BCUT2D eigenvalue weighted by Gasteiger charge is -2.19. The molecule has 1 saturated heterocycles. The zero-order valence-electron chi connectivity index (χ0n) is 17.2. The van der Waals surface area contributed by atoms with Crippen molar-refractivity contribution in [2.24, 2.45) is 23.7 Å². The number of esters is 1. The second-order valence-electron chi connectivity index (χ2n) is 8.72. The maximum Gasteiger partial charge on any atom is 0.338 e. The molecule has 0 radical (unpaired) electrons. The zero-order chi connectivity index (χ0) is 21.7. The molecule has 3 aliphatic rings. The highest BCUT2D eigenvalue weighted by atomic mass is 16.5. The first-order valence-corrected chi connectivity index (χ1v) is 10.7. The number of hydrogen-bond donors (Lipinski definition) is 0. The molecule has 0 aromatic heterocycles. The van der Waals surface area contributed by atoms with Gasteiger partial charge in [0.25, 0.3) is 0 Å². The number of fused-ring (bicyclic) bond motifs is 5. The van der Waals surface area contributed by atoms with Gasteiger partial charge in [-0.1, -0.05) is 36.4 Å². The van der Waals surface area contributed by atoms with Crippen molar-refractivity contribution in [1.29, 1.82) is 0 Å². The van der Waals surface area contributed by atoms with E-state index in [1.165, 1.54) is 17.9 Å². The Balaban J connectivity index is 1.34. The van der Waals surface area contributed by atoms with Crippen LogP contribution in [0.25, 0.3) is 0 Å². The van der Waals surface area contributed by atoms with E-state index in [4.69, 9.17) is 4.74 Å². The average molecular weight is 417 g/mol. The Hall–Kier alpha value is -3.28. The number of hydrogen-bond acceptors (Lipinski definition) is 5. The van der Waals surface area contributed by atoms with E-state index >= 15 is 0 Å². The van der Waals surface area contributed by atoms with E-state index in [0.717, 1.165) is 19.3 Å². The first-order chi connectivity index (χ1) is 15.0. The number of rotatable bonds is 5. The second kappa shape index (κ2) is 7.45. The molecule has 2 amide bonds. The van der Waals surface area contributed by atoms with E-state index in [0.29, 0.717) is 23.1 Å². The molecular formula is C25H23NO5. The van der Waals surface area contributed by atoms with Crippen molar-refractivity contribution in [2.45, 2.75) is 32.3 Å². The molecule has 3 fully saturated rings. The number of carbonyl (C=O) groups is 4. The lowest BCUT2D eigenvalue weighted by Crippen LogP contribution is -2.33. The fourth-order valence-corrected chi connectivity index (χ4v) is 5.55. The molecule has 2 bridgehead atoms. The number of amides is 2. The standard InChI is InChI=1S/C25H23NO5/c1-14(22(27)15-6-3-2-4-7-15)31-25(30)18-8-5-9-19(13-18)26-23(28)20-16-10-11-17(12-16)21(20)24(26)29/h2-9,13-14,16-17,20-21H,10-12H2,1H3/t14-,16-,17+,20-,21+/m1/s1. The van der Waals surface area contributed by atoms with Crippen molar-refractivity contribution in [1.82, 2.24) is 0 Å². The minimum absolute atomic E-state index is 0.152. The van der Waals surface area contributed by atoms with E-state index < -0.39 is 12.1 Å². The fraction of sp³-hybridized carbons (Fsp3) is 0.360. The van der Waals surface area contributed by atoms with Crippen LogP contribution in [0.2, 0.25) is 0 Å². The van der Waals surface area contributed by atoms with Crippen LogP contribution in [0.3, 0.4) is 0 Å². The third-order valence-corrected chi connectivity index (χ3v) is 6.98. The van der Waals surface area contributed by atoms with Gasteiger partial charge in [-0.3, -0.25) is 19.3 Å². The monoisotopic (exact) mass is 417 g/mol. The zero-order valence-corrected chi connectivity index (χ0v) is 17.2. The smallest absolute Gasteiger partial charge is 0.338 e. The molecule has 6 nitrogen and oxygen atoms in total. The van der Waals surface area contributed by atoms with Crippen LogP contribution in [0.4, 0.5) is 5.69 Å². The second-order valence-corrected chi connectivity index (χ2v) is 8.72. The van der Waals surface area contributed by atoms with E-state index in [9.17, 15) is 19.2 Å². The summed E-state index contributed by atoms with van der Waals surface area (Å²) in [5.41, 5.74) is 1.05. The molecule has 0 unspecified atom stereocenters. The van der Waals surface area contributed by atoms with Gasteiger partial charge in [0.2, 0.25) is 17.6 Å². The molecule has 2 aromatic carbocycles. The van der Waals surface area contributed by atoms with Crippen LogP contribution in [0, 0.1) is 23.7 Å². The Morgan fingerprint density at radius 1 is 0.903 bits per heavy atom. The van der Waals surface area contributed by atoms with E-state index in [1.54, 1.807) is 48.5 Å². The van der Waals surface area contributed by atoms with Gasteiger partial charge in [-0.2, -0.15) is 0 Å². The van der Waals surface area contributed by atoms with Gasteiger partial charge in [0.15, 0.2) is 6.10 Å². The minimum Gasteiger partial charge on any atom is -0.451 e. The number of anilines is 1. The molecule has 0 spiro atoms. The van der Waals surface area contributed by atoms with Crippen LogP contribution in [0.15, 0.2) is 54.6 Å². The van der Waals surface area contributed by atoms with E-state index in [-0.39, 0.29) is 35.0 Å². The van der Waals surface area contributed by atoms with Crippen molar-refractivity contribution in [3.63, 3.8) is 0 Å². The van der Waals surface area contributed by atoms with Crippen molar-refractivity contribution in [2.75, 3.05) is 4.90 Å². The number of ketones is 1. The summed E-state index contributed by atoms with van der Waals surface area (Å²) in [5.74, 6) is -1.10. The molecule has 0 N–H and O–H groups in total. The Bertz CT molecular complexity index is 1050. The first-order valence-electron chi connectivity index (χ1n) is 10.7. The summed E-state index contributed by atoms with van der Waals surface area (Å²) in [5, 5.41) is 0. The summed E-state index contributed by atoms with van der Waals surface area (Å²) in [6, 6.07) is 15.0. The van der Waals surface area contributed by atoms with Gasteiger partial charge >= 0.3 is 5.97 Å². The number of carbonyl (C=O) groups excluding carboxylic acids is 4. The van der Waals surface area contributed by atoms with Crippen LogP contribution < -0.4 is 4.90 Å². The normalized spacial score (nSPS) is 27.3. The van der Waals surface area contributed by atoms with Gasteiger partial charge in [0.1, 0.15) is 0 Å². The summed E-state index contributed by atoms with van der Waals surface area (Å²) in [7, 11) is 0. The highest BCUT2D eigenvalue weighted by Gasteiger charge is 2.61. The molecule has 1 heterocycles. The van der Waals surface area contributed by atoms with Gasteiger partial charge in [0.05, 0.1) is 23.1 Å². The van der Waals surface area contributed by atoms with Crippen molar-refractivity contribution >= 4 is 29.3 Å². The number of imide groups is 1. The van der Waals surface area contributed by atoms with Gasteiger partial charge in [-0.25, -0.2) is 4.79 Å². The molecule has 5 atom stereocenters. The Kier molecular flexibility index (Phi) is 4.73. The van der Waals surface area contributed by atoms with Crippen LogP contribution >= 0.6 is 0 Å². The Morgan fingerprint density at radius 2 is 1.52 bits per heavy atom.